The van der Waals surface area contributed by atoms with E-state index in [-0.39, 0.29) is 5.54 Å². The van der Waals surface area contributed by atoms with Gasteiger partial charge in [-0.1, -0.05) is 0 Å². The first kappa shape index (κ1) is 11.6. The van der Waals surface area contributed by atoms with E-state index in [0.717, 1.165) is 37.1 Å². The standard InChI is InChI=1S/C12H21N3O/c1-12(2,3)13-7-6-10-14-15-11(16-10)8-9-4-5-9/h9,13H,4-8H2,1-3H3. The van der Waals surface area contributed by atoms with Gasteiger partial charge in [-0.05, 0) is 39.5 Å². The summed E-state index contributed by atoms with van der Waals surface area (Å²) in [7, 11) is 0. The molecule has 90 valence electrons. The third-order valence-electron chi connectivity index (χ3n) is 2.66. The summed E-state index contributed by atoms with van der Waals surface area (Å²) in [6.45, 7) is 7.34. The van der Waals surface area contributed by atoms with Crippen LogP contribution in [0.4, 0.5) is 0 Å². The summed E-state index contributed by atoms with van der Waals surface area (Å²) >= 11 is 0. The van der Waals surface area contributed by atoms with Crippen molar-refractivity contribution in [3.05, 3.63) is 11.8 Å². The molecular formula is C12H21N3O. The smallest absolute Gasteiger partial charge is 0.217 e. The van der Waals surface area contributed by atoms with E-state index in [2.05, 4.69) is 36.3 Å². The second-order valence-corrected chi connectivity index (χ2v) is 5.66. The first-order valence-electron chi connectivity index (χ1n) is 6.09. The van der Waals surface area contributed by atoms with Gasteiger partial charge in [0, 0.05) is 24.9 Å². The van der Waals surface area contributed by atoms with E-state index in [9.17, 15) is 0 Å². The summed E-state index contributed by atoms with van der Waals surface area (Å²) in [5.41, 5.74) is 0.150. The van der Waals surface area contributed by atoms with Gasteiger partial charge in [0.2, 0.25) is 11.8 Å². The lowest BCUT2D eigenvalue weighted by Crippen LogP contribution is -2.37. The molecule has 0 unspecified atom stereocenters. The second-order valence-electron chi connectivity index (χ2n) is 5.66. The fraction of sp³-hybridized carbons (Fsp3) is 0.833. The Kier molecular flexibility index (Phi) is 3.28. The van der Waals surface area contributed by atoms with Gasteiger partial charge in [-0.25, -0.2) is 0 Å². The van der Waals surface area contributed by atoms with Crippen molar-refractivity contribution in [1.29, 1.82) is 0 Å². The largest absolute Gasteiger partial charge is 0.425 e. The molecular weight excluding hydrogens is 202 g/mol. The van der Waals surface area contributed by atoms with Crippen LogP contribution < -0.4 is 5.32 Å². The molecule has 16 heavy (non-hydrogen) atoms. The Morgan fingerprint density at radius 3 is 2.56 bits per heavy atom. The zero-order valence-electron chi connectivity index (χ0n) is 10.4. The van der Waals surface area contributed by atoms with Crippen LogP contribution in [0.1, 0.15) is 45.4 Å². The molecule has 1 aromatic heterocycles. The van der Waals surface area contributed by atoms with E-state index in [1.165, 1.54) is 12.8 Å². The fourth-order valence-electron chi connectivity index (χ4n) is 1.59. The average Bonchev–Trinajstić information content (AvgIpc) is 2.84. The number of aromatic nitrogens is 2. The summed E-state index contributed by atoms with van der Waals surface area (Å²) in [5, 5.41) is 11.5. The van der Waals surface area contributed by atoms with Crippen LogP contribution in [0, 0.1) is 5.92 Å². The zero-order chi connectivity index (χ0) is 11.6. The van der Waals surface area contributed by atoms with Gasteiger partial charge in [0.1, 0.15) is 0 Å². The first-order chi connectivity index (χ1) is 7.53. The van der Waals surface area contributed by atoms with Crippen molar-refractivity contribution in [3.8, 4) is 0 Å². The molecule has 0 aliphatic heterocycles. The topological polar surface area (TPSA) is 51.0 Å². The van der Waals surface area contributed by atoms with Gasteiger partial charge in [-0.2, -0.15) is 0 Å². The van der Waals surface area contributed by atoms with E-state index in [0.29, 0.717) is 0 Å². The molecule has 0 bridgehead atoms. The SMILES string of the molecule is CC(C)(C)NCCc1nnc(CC2CC2)o1. The minimum absolute atomic E-state index is 0.150. The molecule has 1 aliphatic rings. The Labute approximate surface area is 96.8 Å². The lowest BCUT2D eigenvalue weighted by molar-refractivity contribution is 0.399. The van der Waals surface area contributed by atoms with E-state index in [1.807, 2.05) is 0 Å². The molecule has 0 atom stereocenters. The normalized spacial score (nSPS) is 16.7. The zero-order valence-corrected chi connectivity index (χ0v) is 10.4. The van der Waals surface area contributed by atoms with E-state index >= 15 is 0 Å². The van der Waals surface area contributed by atoms with Gasteiger partial charge in [-0.3, -0.25) is 0 Å². The van der Waals surface area contributed by atoms with Crippen LogP contribution in [0.25, 0.3) is 0 Å². The third kappa shape index (κ3) is 3.93. The monoisotopic (exact) mass is 223 g/mol. The van der Waals surface area contributed by atoms with E-state index in [4.69, 9.17) is 4.42 Å². The van der Waals surface area contributed by atoms with Gasteiger partial charge in [-0.15, -0.1) is 10.2 Å². The Hall–Kier alpha value is -0.900. The van der Waals surface area contributed by atoms with Gasteiger partial charge in [0.05, 0.1) is 0 Å². The number of hydrogen-bond donors (Lipinski definition) is 1. The Morgan fingerprint density at radius 1 is 1.25 bits per heavy atom. The van der Waals surface area contributed by atoms with Gasteiger partial charge in [0.15, 0.2) is 0 Å². The maximum Gasteiger partial charge on any atom is 0.217 e. The van der Waals surface area contributed by atoms with Crippen LogP contribution in [0.15, 0.2) is 4.42 Å². The molecule has 0 spiro atoms. The fourth-order valence-corrected chi connectivity index (χ4v) is 1.59. The molecule has 1 heterocycles. The van der Waals surface area contributed by atoms with Crippen LogP contribution >= 0.6 is 0 Å². The molecule has 0 saturated heterocycles. The van der Waals surface area contributed by atoms with Gasteiger partial charge in [0.25, 0.3) is 0 Å². The molecule has 0 radical (unpaired) electrons. The molecule has 1 saturated carbocycles. The van der Waals surface area contributed by atoms with Crippen molar-refractivity contribution >= 4 is 0 Å². The molecule has 0 amide bonds. The highest BCUT2D eigenvalue weighted by Gasteiger charge is 2.24. The van der Waals surface area contributed by atoms with Crippen LogP contribution in [-0.4, -0.2) is 22.3 Å². The van der Waals surface area contributed by atoms with Crippen LogP contribution in [-0.2, 0) is 12.8 Å². The van der Waals surface area contributed by atoms with Crippen LogP contribution in [0.3, 0.4) is 0 Å². The Bertz CT molecular complexity index is 336. The summed E-state index contributed by atoms with van der Waals surface area (Å²) in [6, 6.07) is 0. The summed E-state index contributed by atoms with van der Waals surface area (Å²) in [4.78, 5) is 0. The second kappa shape index (κ2) is 4.53. The maximum atomic E-state index is 5.59. The minimum atomic E-state index is 0.150. The highest BCUT2D eigenvalue weighted by atomic mass is 16.4. The van der Waals surface area contributed by atoms with Crippen LogP contribution in [0.2, 0.25) is 0 Å². The Morgan fingerprint density at radius 2 is 1.94 bits per heavy atom. The van der Waals surface area contributed by atoms with Crippen molar-refractivity contribution in [2.45, 2.75) is 52.0 Å². The number of rotatable bonds is 5. The molecule has 1 N–H and O–H groups in total. The minimum Gasteiger partial charge on any atom is -0.425 e. The highest BCUT2D eigenvalue weighted by molar-refractivity contribution is 4.89. The van der Waals surface area contributed by atoms with Crippen molar-refractivity contribution in [3.63, 3.8) is 0 Å². The molecule has 0 aromatic carbocycles. The molecule has 4 heteroatoms. The van der Waals surface area contributed by atoms with E-state index < -0.39 is 0 Å². The molecule has 4 nitrogen and oxygen atoms in total. The molecule has 1 aliphatic carbocycles. The van der Waals surface area contributed by atoms with Crippen molar-refractivity contribution < 1.29 is 4.42 Å². The maximum absolute atomic E-state index is 5.59. The van der Waals surface area contributed by atoms with Crippen molar-refractivity contribution in [2.75, 3.05) is 6.54 Å². The lowest BCUT2D eigenvalue weighted by atomic mass is 10.1. The third-order valence-corrected chi connectivity index (χ3v) is 2.66. The van der Waals surface area contributed by atoms with Crippen molar-refractivity contribution in [1.82, 2.24) is 15.5 Å². The predicted octanol–water partition coefficient (Wildman–Crippen LogP) is 1.95. The first-order valence-corrected chi connectivity index (χ1v) is 6.09. The summed E-state index contributed by atoms with van der Waals surface area (Å²) in [6.07, 6.45) is 4.43. The number of nitrogens with zero attached hydrogens (tertiary/aromatic N) is 2. The van der Waals surface area contributed by atoms with E-state index in [1.54, 1.807) is 0 Å². The number of hydrogen-bond acceptors (Lipinski definition) is 4. The van der Waals surface area contributed by atoms with Crippen molar-refractivity contribution in [2.24, 2.45) is 5.92 Å². The quantitative estimate of drug-likeness (QED) is 0.829. The molecule has 2 rings (SSSR count). The lowest BCUT2D eigenvalue weighted by Gasteiger charge is -2.19. The highest BCUT2D eigenvalue weighted by Crippen LogP contribution is 2.32. The predicted molar refractivity (Wildman–Crippen MR) is 62.2 cm³/mol. The summed E-state index contributed by atoms with van der Waals surface area (Å²) < 4.78 is 5.59. The molecule has 1 aromatic rings. The Balaban J connectivity index is 1.74. The number of nitrogens with one attached hydrogen (secondary N) is 1. The van der Waals surface area contributed by atoms with Crippen LogP contribution in [0.5, 0.6) is 0 Å². The average molecular weight is 223 g/mol. The summed E-state index contributed by atoms with van der Waals surface area (Å²) in [5.74, 6) is 2.38. The molecule has 1 fully saturated rings. The van der Waals surface area contributed by atoms with Gasteiger partial charge < -0.3 is 9.73 Å². The van der Waals surface area contributed by atoms with Gasteiger partial charge >= 0.3 is 0 Å².